The first kappa shape index (κ1) is 21.3. The highest BCUT2D eigenvalue weighted by Crippen LogP contribution is 2.38. The van der Waals surface area contributed by atoms with Gasteiger partial charge in [-0.3, -0.25) is 0 Å². The number of hydrogen-bond acceptors (Lipinski definition) is 1. The second-order valence-corrected chi connectivity index (χ2v) is 6.41. The van der Waals surface area contributed by atoms with E-state index < -0.39 is 23.8 Å². The van der Waals surface area contributed by atoms with Gasteiger partial charge in [0.15, 0.2) is 0 Å². The van der Waals surface area contributed by atoms with Crippen LogP contribution in [-0.2, 0) is 12.7 Å². The van der Waals surface area contributed by atoms with Gasteiger partial charge < -0.3 is 5.73 Å². The minimum Gasteiger partial charge on any atom is -0.326 e. The zero-order valence-corrected chi connectivity index (χ0v) is 14.9. The highest BCUT2D eigenvalue weighted by molar-refractivity contribution is 6.31. The molecular weight excluding hydrogens is 392 g/mol. The van der Waals surface area contributed by atoms with Crippen LogP contribution in [-0.4, -0.2) is 6.18 Å². The standard InChI is InChI=1S/C19H16ClF6N/c1-11-8-13(5-7-17(11)20)15(18(21,22)23)6-3-12-2-4-14(10-27)16(9-12)19(24,25)26/h2-9,15H,10,27H2,1H3/b6-3+. The van der Waals surface area contributed by atoms with Gasteiger partial charge in [-0.25, -0.2) is 0 Å². The Bertz CT molecular complexity index is 839. The van der Waals surface area contributed by atoms with Crippen molar-refractivity contribution in [2.24, 2.45) is 5.73 Å². The van der Waals surface area contributed by atoms with Crippen LogP contribution in [0.15, 0.2) is 42.5 Å². The highest BCUT2D eigenvalue weighted by atomic mass is 35.5. The van der Waals surface area contributed by atoms with Gasteiger partial charge in [-0.1, -0.05) is 48.0 Å². The van der Waals surface area contributed by atoms with E-state index in [1.807, 2.05) is 0 Å². The van der Waals surface area contributed by atoms with Gasteiger partial charge in [-0.05, 0) is 41.3 Å². The molecule has 0 aliphatic rings. The van der Waals surface area contributed by atoms with E-state index in [4.69, 9.17) is 17.3 Å². The smallest absolute Gasteiger partial charge is 0.326 e. The third-order valence-corrected chi connectivity index (χ3v) is 4.46. The Morgan fingerprint density at radius 3 is 2.22 bits per heavy atom. The molecule has 8 heteroatoms. The average Bonchev–Trinajstić information content (AvgIpc) is 2.56. The Balaban J connectivity index is 2.44. The van der Waals surface area contributed by atoms with Crippen molar-refractivity contribution in [3.63, 3.8) is 0 Å². The Labute approximate surface area is 157 Å². The lowest BCUT2D eigenvalue weighted by atomic mass is 9.95. The molecule has 2 aromatic rings. The SMILES string of the molecule is Cc1cc(C(/C=C/c2ccc(CN)c(C(F)(F)F)c2)C(F)(F)F)ccc1Cl. The van der Waals surface area contributed by atoms with Crippen LogP contribution in [0.4, 0.5) is 26.3 Å². The first-order chi connectivity index (χ1) is 12.4. The molecule has 0 bridgehead atoms. The van der Waals surface area contributed by atoms with Gasteiger partial charge in [0.25, 0.3) is 0 Å². The molecule has 1 unspecified atom stereocenters. The zero-order chi connectivity index (χ0) is 20.4. The van der Waals surface area contributed by atoms with Gasteiger partial charge in [0, 0.05) is 11.6 Å². The summed E-state index contributed by atoms with van der Waals surface area (Å²) in [5.41, 5.74) is 4.65. The molecule has 0 radical (unpaired) electrons. The molecule has 27 heavy (non-hydrogen) atoms. The second-order valence-electron chi connectivity index (χ2n) is 6.01. The number of alkyl halides is 6. The third-order valence-electron chi connectivity index (χ3n) is 4.03. The van der Waals surface area contributed by atoms with Crippen LogP contribution in [0.1, 0.15) is 33.7 Å². The van der Waals surface area contributed by atoms with Crippen LogP contribution in [0.2, 0.25) is 5.02 Å². The molecule has 2 aromatic carbocycles. The molecule has 0 aliphatic carbocycles. The Morgan fingerprint density at radius 2 is 1.70 bits per heavy atom. The van der Waals surface area contributed by atoms with E-state index in [9.17, 15) is 26.3 Å². The molecule has 2 N–H and O–H groups in total. The fourth-order valence-electron chi connectivity index (χ4n) is 2.62. The van der Waals surface area contributed by atoms with Crippen molar-refractivity contribution < 1.29 is 26.3 Å². The van der Waals surface area contributed by atoms with E-state index in [0.29, 0.717) is 10.6 Å². The maximum absolute atomic E-state index is 13.4. The van der Waals surface area contributed by atoms with Crippen LogP contribution in [0.5, 0.6) is 0 Å². The number of hydrogen-bond donors (Lipinski definition) is 1. The first-order valence-corrected chi connectivity index (χ1v) is 8.22. The van der Waals surface area contributed by atoms with Crippen LogP contribution >= 0.6 is 11.6 Å². The minimum atomic E-state index is -4.64. The number of halogens is 7. The molecular formula is C19H16ClF6N. The topological polar surface area (TPSA) is 26.0 Å². The van der Waals surface area contributed by atoms with Crippen LogP contribution in [0.25, 0.3) is 6.08 Å². The Hall–Kier alpha value is -1.99. The fourth-order valence-corrected chi connectivity index (χ4v) is 2.74. The largest absolute Gasteiger partial charge is 0.416 e. The van der Waals surface area contributed by atoms with Gasteiger partial charge in [0.1, 0.15) is 0 Å². The lowest BCUT2D eigenvalue weighted by Gasteiger charge is -2.18. The number of benzene rings is 2. The lowest BCUT2D eigenvalue weighted by Crippen LogP contribution is -2.19. The second kappa shape index (κ2) is 7.94. The number of aryl methyl sites for hydroxylation is 1. The average molecular weight is 408 g/mol. The normalized spacial score (nSPS) is 14.0. The first-order valence-electron chi connectivity index (χ1n) is 7.84. The number of allylic oxidation sites excluding steroid dienone is 1. The summed E-state index contributed by atoms with van der Waals surface area (Å²) in [7, 11) is 0. The summed E-state index contributed by atoms with van der Waals surface area (Å²) in [5, 5.41) is 0.329. The zero-order valence-electron chi connectivity index (χ0n) is 14.1. The summed E-state index contributed by atoms with van der Waals surface area (Å²) < 4.78 is 79.6. The number of rotatable bonds is 4. The third kappa shape index (κ3) is 5.26. The van der Waals surface area contributed by atoms with Crippen molar-refractivity contribution in [2.75, 3.05) is 0 Å². The van der Waals surface area contributed by atoms with E-state index in [1.165, 1.54) is 24.3 Å². The van der Waals surface area contributed by atoms with Gasteiger partial charge in [-0.15, -0.1) is 0 Å². The summed E-state index contributed by atoms with van der Waals surface area (Å²) in [6, 6.07) is 7.17. The molecule has 146 valence electrons. The van der Waals surface area contributed by atoms with Crippen molar-refractivity contribution >= 4 is 17.7 Å². The maximum atomic E-state index is 13.4. The molecule has 0 saturated heterocycles. The van der Waals surface area contributed by atoms with Crippen molar-refractivity contribution in [1.29, 1.82) is 0 Å². The van der Waals surface area contributed by atoms with E-state index in [-0.39, 0.29) is 23.2 Å². The summed E-state index contributed by atoms with van der Waals surface area (Å²) in [6.45, 7) is 1.25. The molecule has 0 amide bonds. The molecule has 0 spiro atoms. The molecule has 2 rings (SSSR count). The van der Waals surface area contributed by atoms with Gasteiger partial charge in [-0.2, -0.15) is 26.3 Å². The van der Waals surface area contributed by atoms with Crippen molar-refractivity contribution in [1.82, 2.24) is 0 Å². The van der Waals surface area contributed by atoms with E-state index >= 15 is 0 Å². The molecule has 1 atom stereocenters. The van der Waals surface area contributed by atoms with Crippen molar-refractivity contribution in [2.45, 2.75) is 31.7 Å². The molecule has 0 heterocycles. The summed E-state index contributed by atoms with van der Waals surface area (Å²) in [5.74, 6) is -1.98. The summed E-state index contributed by atoms with van der Waals surface area (Å²) >= 11 is 5.85. The predicted molar refractivity (Wildman–Crippen MR) is 93.4 cm³/mol. The van der Waals surface area contributed by atoms with E-state index in [1.54, 1.807) is 6.92 Å². The van der Waals surface area contributed by atoms with Gasteiger partial charge in [0.2, 0.25) is 0 Å². The monoisotopic (exact) mass is 407 g/mol. The summed E-state index contributed by atoms with van der Waals surface area (Å²) in [6.07, 6.45) is -7.39. The van der Waals surface area contributed by atoms with Gasteiger partial charge >= 0.3 is 12.4 Å². The highest BCUT2D eigenvalue weighted by Gasteiger charge is 2.39. The maximum Gasteiger partial charge on any atom is 0.416 e. The molecule has 0 fully saturated rings. The molecule has 1 nitrogen and oxygen atoms in total. The minimum absolute atomic E-state index is 0.000500. The molecule has 0 aliphatic heterocycles. The Kier molecular flexibility index (Phi) is 6.27. The predicted octanol–water partition coefficient (Wildman–Crippen LogP) is 6.49. The van der Waals surface area contributed by atoms with E-state index in [2.05, 4.69) is 0 Å². The van der Waals surface area contributed by atoms with Crippen LogP contribution in [0, 0.1) is 6.92 Å². The van der Waals surface area contributed by atoms with E-state index in [0.717, 1.165) is 24.3 Å². The van der Waals surface area contributed by atoms with Crippen LogP contribution < -0.4 is 5.73 Å². The van der Waals surface area contributed by atoms with Crippen LogP contribution in [0.3, 0.4) is 0 Å². The fraction of sp³-hybridized carbons (Fsp3) is 0.263. The van der Waals surface area contributed by atoms with Gasteiger partial charge in [0.05, 0.1) is 11.5 Å². The molecule has 0 aromatic heterocycles. The lowest BCUT2D eigenvalue weighted by molar-refractivity contribution is -0.140. The Morgan fingerprint density at radius 1 is 1.04 bits per heavy atom. The van der Waals surface area contributed by atoms with Crippen molar-refractivity contribution in [3.05, 3.63) is 75.3 Å². The molecule has 0 saturated carbocycles. The quantitative estimate of drug-likeness (QED) is 0.576. The number of nitrogens with two attached hydrogens (primary N) is 1. The summed E-state index contributed by atoms with van der Waals surface area (Å²) in [4.78, 5) is 0. The van der Waals surface area contributed by atoms with Crippen molar-refractivity contribution in [3.8, 4) is 0 Å².